The van der Waals surface area contributed by atoms with Crippen molar-refractivity contribution < 1.29 is 9.52 Å². The summed E-state index contributed by atoms with van der Waals surface area (Å²) in [4.78, 5) is 12.9. The van der Waals surface area contributed by atoms with Crippen LogP contribution in [0.15, 0.2) is 26.2 Å². The SMILES string of the molecule is CCCCCc1cc(O)c2c3c(c(=O)oc2c1)SC(C)(C)C3. The lowest BCUT2D eigenvalue weighted by molar-refractivity contribution is 0.475. The second-order valence-corrected chi connectivity index (χ2v) is 8.40. The van der Waals surface area contributed by atoms with Crippen LogP contribution in [0.2, 0.25) is 0 Å². The number of hydrogen-bond donors (Lipinski definition) is 1. The molecule has 0 unspecified atom stereocenters. The molecule has 0 amide bonds. The highest BCUT2D eigenvalue weighted by molar-refractivity contribution is 8.01. The third-order valence-electron chi connectivity index (χ3n) is 4.15. The number of benzene rings is 1. The smallest absolute Gasteiger partial charge is 0.350 e. The minimum Gasteiger partial charge on any atom is -0.507 e. The molecule has 0 saturated carbocycles. The number of aromatic hydroxyl groups is 1. The highest BCUT2D eigenvalue weighted by atomic mass is 32.2. The first-order chi connectivity index (χ1) is 10.4. The maximum Gasteiger partial charge on any atom is 0.350 e. The topological polar surface area (TPSA) is 50.4 Å². The van der Waals surface area contributed by atoms with E-state index in [4.69, 9.17) is 4.42 Å². The average molecular weight is 318 g/mol. The molecule has 0 bridgehead atoms. The van der Waals surface area contributed by atoms with Crippen molar-refractivity contribution in [3.05, 3.63) is 33.7 Å². The van der Waals surface area contributed by atoms with Crippen LogP contribution in [0, 0.1) is 0 Å². The van der Waals surface area contributed by atoms with Gasteiger partial charge in [0.25, 0.3) is 0 Å². The lowest BCUT2D eigenvalue weighted by atomic mass is 9.97. The molecule has 2 heterocycles. The minimum atomic E-state index is -0.275. The van der Waals surface area contributed by atoms with Gasteiger partial charge in [0.05, 0.1) is 10.3 Å². The lowest BCUT2D eigenvalue weighted by Gasteiger charge is -2.13. The third-order valence-corrected chi connectivity index (χ3v) is 5.47. The predicted molar refractivity (Wildman–Crippen MR) is 91.0 cm³/mol. The fraction of sp³-hybridized carbons (Fsp3) is 0.500. The van der Waals surface area contributed by atoms with Gasteiger partial charge in [-0.25, -0.2) is 4.79 Å². The maximum absolute atomic E-state index is 12.2. The molecule has 1 aliphatic rings. The van der Waals surface area contributed by atoms with Gasteiger partial charge in [-0.2, -0.15) is 0 Å². The molecule has 0 aliphatic carbocycles. The molecule has 0 saturated heterocycles. The van der Waals surface area contributed by atoms with Crippen LogP contribution in [0.5, 0.6) is 5.75 Å². The van der Waals surface area contributed by atoms with Crippen LogP contribution in [-0.2, 0) is 12.8 Å². The molecule has 4 heteroatoms. The number of unbranched alkanes of at least 4 members (excludes halogenated alkanes) is 2. The molecule has 0 radical (unpaired) electrons. The van der Waals surface area contributed by atoms with Crippen LogP contribution in [0.25, 0.3) is 11.0 Å². The summed E-state index contributed by atoms with van der Waals surface area (Å²) in [6, 6.07) is 3.75. The van der Waals surface area contributed by atoms with Crippen molar-refractivity contribution in [2.24, 2.45) is 0 Å². The van der Waals surface area contributed by atoms with E-state index in [-0.39, 0.29) is 16.1 Å². The van der Waals surface area contributed by atoms with E-state index < -0.39 is 0 Å². The predicted octanol–water partition coefficient (Wildman–Crippen LogP) is 4.66. The Morgan fingerprint density at radius 1 is 1.32 bits per heavy atom. The van der Waals surface area contributed by atoms with Crippen molar-refractivity contribution in [1.82, 2.24) is 0 Å². The largest absolute Gasteiger partial charge is 0.507 e. The van der Waals surface area contributed by atoms with Gasteiger partial charge >= 0.3 is 5.63 Å². The van der Waals surface area contributed by atoms with E-state index in [0.717, 1.165) is 43.2 Å². The van der Waals surface area contributed by atoms with E-state index in [2.05, 4.69) is 20.8 Å². The number of phenolic OH excluding ortho intramolecular Hbond substituents is 1. The summed E-state index contributed by atoms with van der Waals surface area (Å²) in [5.74, 6) is 0.238. The molecule has 118 valence electrons. The number of aryl methyl sites for hydroxylation is 1. The van der Waals surface area contributed by atoms with Gasteiger partial charge in [-0.05, 0) is 42.5 Å². The Bertz CT molecular complexity index is 774. The zero-order valence-corrected chi connectivity index (χ0v) is 14.2. The Hall–Kier alpha value is -1.42. The first kappa shape index (κ1) is 15.5. The van der Waals surface area contributed by atoms with Gasteiger partial charge < -0.3 is 9.52 Å². The molecule has 1 aromatic carbocycles. The van der Waals surface area contributed by atoms with Gasteiger partial charge in [0.15, 0.2) is 0 Å². The summed E-state index contributed by atoms with van der Waals surface area (Å²) < 4.78 is 5.46. The number of phenols is 1. The van der Waals surface area contributed by atoms with Crippen LogP contribution in [-0.4, -0.2) is 9.85 Å². The Labute approximate surface area is 134 Å². The van der Waals surface area contributed by atoms with Crippen molar-refractivity contribution in [2.75, 3.05) is 0 Å². The molecule has 2 aromatic rings. The fourth-order valence-electron chi connectivity index (χ4n) is 3.16. The molecule has 1 aliphatic heterocycles. The Morgan fingerprint density at radius 2 is 2.09 bits per heavy atom. The van der Waals surface area contributed by atoms with Gasteiger partial charge in [-0.3, -0.25) is 0 Å². The summed E-state index contributed by atoms with van der Waals surface area (Å²) >= 11 is 1.55. The van der Waals surface area contributed by atoms with Crippen LogP contribution in [0.1, 0.15) is 51.2 Å². The van der Waals surface area contributed by atoms with Crippen LogP contribution < -0.4 is 5.63 Å². The quantitative estimate of drug-likeness (QED) is 0.658. The summed E-state index contributed by atoms with van der Waals surface area (Å²) in [6.45, 7) is 6.39. The van der Waals surface area contributed by atoms with Gasteiger partial charge in [0, 0.05) is 4.75 Å². The zero-order chi connectivity index (χ0) is 15.9. The van der Waals surface area contributed by atoms with Crippen molar-refractivity contribution in [2.45, 2.75) is 62.5 Å². The average Bonchev–Trinajstić information content (AvgIpc) is 2.74. The van der Waals surface area contributed by atoms with Gasteiger partial charge in [0.1, 0.15) is 11.3 Å². The van der Waals surface area contributed by atoms with Crippen LogP contribution >= 0.6 is 11.8 Å². The molecule has 3 nitrogen and oxygen atoms in total. The summed E-state index contributed by atoms with van der Waals surface area (Å²) in [6.07, 6.45) is 5.09. The van der Waals surface area contributed by atoms with Crippen LogP contribution in [0.3, 0.4) is 0 Å². The first-order valence-corrected chi connectivity index (χ1v) is 8.73. The molecule has 1 N–H and O–H groups in total. The molecule has 22 heavy (non-hydrogen) atoms. The highest BCUT2D eigenvalue weighted by Crippen LogP contribution is 2.47. The number of hydrogen-bond acceptors (Lipinski definition) is 4. The number of rotatable bonds is 4. The third kappa shape index (κ3) is 2.76. The molecule has 0 atom stereocenters. The minimum absolute atomic E-state index is 0.0302. The van der Waals surface area contributed by atoms with Crippen molar-refractivity contribution >= 4 is 22.7 Å². The van der Waals surface area contributed by atoms with Gasteiger partial charge in [-0.15, -0.1) is 11.8 Å². The van der Waals surface area contributed by atoms with E-state index in [1.54, 1.807) is 11.8 Å². The fourth-order valence-corrected chi connectivity index (χ4v) is 4.35. The van der Waals surface area contributed by atoms with Crippen molar-refractivity contribution in [1.29, 1.82) is 0 Å². The molecule has 3 rings (SSSR count). The van der Waals surface area contributed by atoms with E-state index in [9.17, 15) is 9.90 Å². The Morgan fingerprint density at radius 3 is 2.82 bits per heavy atom. The standard InChI is InChI=1S/C18H22O3S/c1-4-5-6-7-11-8-13(19)15-12-10-18(2,3)22-16(12)17(20)21-14(15)9-11/h8-9,19H,4-7,10H2,1-3H3. The second-order valence-electron chi connectivity index (χ2n) is 6.68. The van der Waals surface area contributed by atoms with Gasteiger partial charge in [-0.1, -0.05) is 33.6 Å². The summed E-state index contributed by atoms with van der Waals surface area (Å²) in [7, 11) is 0. The summed E-state index contributed by atoms with van der Waals surface area (Å²) in [5, 5.41) is 11.2. The van der Waals surface area contributed by atoms with E-state index >= 15 is 0 Å². The van der Waals surface area contributed by atoms with E-state index in [1.807, 2.05) is 12.1 Å². The van der Waals surface area contributed by atoms with E-state index in [1.165, 1.54) is 0 Å². The monoisotopic (exact) mass is 318 g/mol. The van der Waals surface area contributed by atoms with Crippen molar-refractivity contribution in [3.63, 3.8) is 0 Å². The Balaban J connectivity index is 2.10. The normalized spacial score (nSPS) is 16.1. The number of thioether (sulfide) groups is 1. The molecular weight excluding hydrogens is 296 g/mol. The number of fused-ring (bicyclic) bond motifs is 3. The highest BCUT2D eigenvalue weighted by Gasteiger charge is 2.34. The van der Waals surface area contributed by atoms with Crippen LogP contribution in [0.4, 0.5) is 0 Å². The Kier molecular flexibility index (Phi) is 3.98. The zero-order valence-electron chi connectivity index (χ0n) is 13.4. The second kappa shape index (κ2) is 5.65. The lowest BCUT2D eigenvalue weighted by Crippen LogP contribution is -2.11. The van der Waals surface area contributed by atoms with E-state index in [0.29, 0.717) is 15.9 Å². The molecular formula is C18H22O3S. The molecule has 1 aromatic heterocycles. The molecule has 0 fully saturated rings. The van der Waals surface area contributed by atoms with Crippen molar-refractivity contribution in [3.8, 4) is 5.75 Å². The summed E-state index contributed by atoms with van der Waals surface area (Å²) in [5.41, 5.74) is 2.22. The van der Waals surface area contributed by atoms with Gasteiger partial charge in [0.2, 0.25) is 0 Å². The first-order valence-electron chi connectivity index (χ1n) is 7.92. The maximum atomic E-state index is 12.2. The molecule has 0 spiro atoms.